The highest BCUT2D eigenvalue weighted by Gasteiger charge is 2.14. The fourth-order valence-electron chi connectivity index (χ4n) is 6.24. The van der Waals surface area contributed by atoms with Crippen molar-refractivity contribution in [1.82, 2.24) is 9.13 Å². The SMILES string of the molecule is CCN1CCCc2cc(C)ccc21.CCn1c2ccccc2c2cc(C)ccc21.CCn1ccc2cc(C)ccc21. The Bertz CT molecular complexity index is 1770. The van der Waals surface area contributed by atoms with Crippen LogP contribution in [0.2, 0.25) is 0 Å². The number of hydrogen-bond donors (Lipinski definition) is 0. The largest absolute Gasteiger partial charge is 0.372 e. The molecule has 0 aliphatic carbocycles. The van der Waals surface area contributed by atoms with Crippen LogP contribution in [0.1, 0.15) is 49.4 Å². The van der Waals surface area contributed by atoms with Crippen LogP contribution in [0.4, 0.5) is 5.69 Å². The molecule has 0 unspecified atom stereocenters. The van der Waals surface area contributed by atoms with Crippen molar-refractivity contribution >= 4 is 38.4 Å². The average molecular weight is 544 g/mol. The number of fused-ring (bicyclic) bond motifs is 5. The van der Waals surface area contributed by atoms with Crippen molar-refractivity contribution in [3.8, 4) is 0 Å². The minimum atomic E-state index is 1.02. The number of hydrogen-bond acceptors (Lipinski definition) is 1. The summed E-state index contributed by atoms with van der Waals surface area (Å²) in [6.07, 6.45) is 4.71. The summed E-state index contributed by atoms with van der Waals surface area (Å²) < 4.78 is 4.64. The summed E-state index contributed by atoms with van der Waals surface area (Å²) in [5.74, 6) is 0. The highest BCUT2D eigenvalue weighted by molar-refractivity contribution is 6.08. The molecule has 0 amide bonds. The molecule has 0 saturated heterocycles. The van der Waals surface area contributed by atoms with Crippen LogP contribution in [0.15, 0.2) is 91.1 Å². The van der Waals surface area contributed by atoms with Crippen molar-refractivity contribution in [1.29, 1.82) is 0 Å². The average Bonchev–Trinajstić information content (AvgIpc) is 3.54. The lowest BCUT2D eigenvalue weighted by atomic mass is 10.00. The molecule has 41 heavy (non-hydrogen) atoms. The number of rotatable bonds is 3. The van der Waals surface area contributed by atoms with Gasteiger partial charge in [0.05, 0.1) is 0 Å². The maximum atomic E-state index is 2.47. The predicted molar refractivity (Wildman–Crippen MR) is 180 cm³/mol. The molecule has 0 N–H and O–H groups in total. The maximum absolute atomic E-state index is 2.47. The summed E-state index contributed by atoms with van der Waals surface area (Å²) in [5, 5.41) is 4.08. The van der Waals surface area contributed by atoms with E-state index in [4.69, 9.17) is 0 Å². The molecule has 2 aromatic heterocycles. The molecule has 0 fully saturated rings. The normalized spacial score (nSPS) is 12.6. The highest BCUT2D eigenvalue weighted by Crippen LogP contribution is 2.29. The molecule has 1 aliphatic rings. The van der Waals surface area contributed by atoms with E-state index in [2.05, 4.69) is 147 Å². The van der Waals surface area contributed by atoms with Gasteiger partial charge in [-0.1, -0.05) is 59.2 Å². The molecular weight excluding hydrogens is 498 g/mol. The predicted octanol–water partition coefficient (Wildman–Crippen LogP) is 9.86. The minimum Gasteiger partial charge on any atom is -0.372 e. The molecule has 4 aromatic carbocycles. The van der Waals surface area contributed by atoms with Gasteiger partial charge in [-0.05, 0) is 108 Å². The van der Waals surface area contributed by atoms with E-state index in [-0.39, 0.29) is 0 Å². The number of aromatic nitrogens is 2. The van der Waals surface area contributed by atoms with Crippen LogP contribution < -0.4 is 4.90 Å². The molecule has 3 heterocycles. The second-order valence-electron chi connectivity index (χ2n) is 11.3. The summed E-state index contributed by atoms with van der Waals surface area (Å²) in [6.45, 7) is 17.5. The summed E-state index contributed by atoms with van der Waals surface area (Å²) in [5.41, 5.74) is 11.1. The van der Waals surface area contributed by atoms with E-state index in [0.29, 0.717) is 0 Å². The summed E-state index contributed by atoms with van der Waals surface area (Å²) in [6, 6.07) is 30.9. The van der Waals surface area contributed by atoms with Crippen LogP contribution in [0.3, 0.4) is 0 Å². The van der Waals surface area contributed by atoms with Crippen LogP contribution in [-0.4, -0.2) is 22.2 Å². The van der Waals surface area contributed by atoms with Gasteiger partial charge >= 0.3 is 0 Å². The monoisotopic (exact) mass is 543 g/mol. The molecule has 0 atom stereocenters. The van der Waals surface area contributed by atoms with E-state index in [1.165, 1.54) is 80.0 Å². The zero-order valence-corrected chi connectivity index (χ0v) is 25.7. The Morgan fingerprint density at radius 2 is 1.29 bits per heavy atom. The quantitative estimate of drug-likeness (QED) is 0.216. The van der Waals surface area contributed by atoms with Crippen molar-refractivity contribution in [2.24, 2.45) is 0 Å². The van der Waals surface area contributed by atoms with E-state index in [9.17, 15) is 0 Å². The fourth-order valence-corrected chi connectivity index (χ4v) is 6.24. The third-order valence-electron chi connectivity index (χ3n) is 8.34. The van der Waals surface area contributed by atoms with Gasteiger partial charge in [0.25, 0.3) is 0 Å². The van der Waals surface area contributed by atoms with Gasteiger partial charge in [-0.25, -0.2) is 0 Å². The van der Waals surface area contributed by atoms with Gasteiger partial charge in [-0.15, -0.1) is 0 Å². The van der Waals surface area contributed by atoms with Gasteiger partial charge in [0, 0.05) is 65.4 Å². The first-order chi connectivity index (χ1) is 19.9. The first kappa shape index (κ1) is 28.5. The smallest absolute Gasteiger partial charge is 0.0491 e. The Kier molecular flexibility index (Phi) is 8.83. The third-order valence-corrected chi connectivity index (χ3v) is 8.34. The van der Waals surface area contributed by atoms with E-state index in [1.807, 2.05) is 0 Å². The number of anilines is 1. The molecule has 0 saturated carbocycles. The van der Waals surface area contributed by atoms with E-state index in [1.54, 1.807) is 0 Å². The first-order valence-electron chi connectivity index (χ1n) is 15.3. The van der Waals surface area contributed by atoms with Crippen LogP contribution in [0.5, 0.6) is 0 Å². The van der Waals surface area contributed by atoms with Gasteiger partial charge < -0.3 is 14.0 Å². The second-order valence-corrected chi connectivity index (χ2v) is 11.3. The zero-order chi connectivity index (χ0) is 28.9. The Morgan fingerprint density at radius 3 is 2.05 bits per heavy atom. The third kappa shape index (κ3) is 6.05. The van der Waals surface area contributed by atoms with Crippen molar-refractivity contribution in [2.75, 3.05) is 18.0 Å². The topological polar surface area (TPSA) is 13.1 Å². The summed E-state index contributed by atoms with van der Waals surface area (Å²) >= 11 is 0. The van der Waals surface area contributed by atoms with Gasteiger partial charge in [0.15, 0.2) is 0 Å². The summed E-state index contributed by atoms with van der Waals surface area (Å²) in [7, 11) is 0. The second kappa shape index (κ2) is 12.7. The van der Waals surface area contributed by atoms with E-state index < -0.39 is 0 Å². The van der Waals surface area contributed by atoms with Gasteiger partial charge in [-0.2, -0.15) is 0 Å². The van der Waals surface area contributed by atoms with Gasteiger partial charge in [0.1, 0.15) is 0 Å². The van der Waals surface area contributed by atoms with Crippen LogP contribution in [-0.2, 0) is 19.5 Å². The molecule has 6 aromatic rings. The molecule has 7 rings (SSSR count). The van der Waals surface area contributed by atoms with E-state index >= 15 is 0 Å². The lowest BCUT2D eigenvalue weighted by Gasteiger charge is -2.30. The molecular formula is C38H45N3. The van der Waals surface area contributed by atoms with Crippen LogP contribution in [0.25, 0.3) is 32.7 Å². The number of aryl methyl sites for hydroxylation is 6. The number of para-hydroxylation sites is 1. The van der Waals surface area contributed by atoms with Crippen molar-refractivity contribution in [2.45, 2.75) is 67.5 Å². The van der Waals surface area contributed by atoms with Crippen molar-refractivity contribution < 1.29 is 0 Å². The zero-order valence-electron chi connectivity index (χ0n) is 25.7. The van der Waals surface area contributed by atoms with Crippen LogP contribution >= 0.6 is 0 Å². The Hall–Kier alpha value is -3.98. The molecule has 3 nitrogen and oxygen atoms in total. The molecule has 0 spiro atoms. The fraction of sp³-hybridized carbons (Fsp3) is 0.316. The van der Waals surface area contributed by atoms with E-state index in [0.717, 1.165) is 19.6 Å². The molecule has 3 heteroatoms. The number of benzene rings is 4. The summed E-state index contributed by atoms with van der Waals surface area (Å²) in [4.78, 5) is 2.47. The Balaban J connectivity index is 0.000000125. The van der Waals surface area contributed by atoms with Gasteiger partial charge in [-0.3, -0.25) is 0 Å². The first-order valence-corrected chi connectivity index (χ1v) is 15.3. The molecule has 0 bridgehead atoms. The van der Waals surface area contributed by atoms with Crippen LogP contribution in [0, 0.1) is 20.8 Å². The van der Waals surface area contributed by atoms with Gasteiger partial charge in [0.2, 0.25) is 0 Å². The highest BCUT2D eigenvalue weighted by atomic mass is 15.1. The maximum Gasteiger partial charge on any atom is 0.0491 e. The molecule has 0 radical (unpaired) electrons. The standard InChI is InChI=1S/C15H15N.C12H17N.C11H13N/c1-3-16-14-7-5-4-6-12(14)13-10-11(2)8-9-15(13)16;1-3-13-8-4-5-11-9-10(2)6-7-12(11)13;1-3-12-7-6-10-8-9(2)4-5-11(10)12/h4-10H,3H2,1-2H3;6-7,9H,3-5,8H2,1-2H3;4-8H,3H2,1-2H3. The van der Waals surface area contributed by atoms with Crippen molar-refractivity contribution in [3.63, 3.8) is 0 Å². The molecule has 212 valence electrons. The Labute approximate surface area is 246 Å². The number of nitrogens with zero attached hydrogens (tertiary/aromatic N) is 3. The minimum absolute atomic E-state index is 1.02. The van der Waals surface area contributed by atoms with Crippen molar-refractivity contribution in [3.05, 3.63) is 113 Å². The Morgan fingerprint density at radius 1 is 0.610 bits per heavy atom. The molecule has 1 aliphatic heterocycles. The lowest BCUT2D eigenvalue weighted by Crippen LogP contribution is -2.28. The lowest BCUT2D eigenvalue weighted by molar-refractivity contribution is 0.707.